The van der Waals surface area contributed by atoms with Crippen molar-refractivity contribution in [2.45, 2.75) is 26.3 Å². The summed E-state index contributed by atoms with van der Waals surface area (Å²) in [4.78, 5) is 0. The average molecular weight is 313 g/mol. The molecule has 2 rings (SSSR count). The molecule has 0 radical (unpaired) electrons. The molecule has 96 valence electrons. The third-order valence-electron chi connectivity index (χ3n) is 2.64. The number of hydrogen-bond donors (Lipinski definition) is 1. The van der Waals surface area contributed by atoms with Crippen LogP contribution in [0.3, 0.4) is 0 Å². The lowest BCUT2D eigenvalue weighted by Gasteiger charge is -2.13. The predicted molar refractivity (Wildman–Crippen MR) is 71.0 cm³/mol. The molecule has 0 bridgehead atoms. The van der Waals surface area contributed by atoms with E-state index < -0.39 is 5.54 Å². The van der Waals surface area contributed by atoms with Gasteiger partial charge < -0.3 is 5.73 Å². The van der Waals surface area contributed by atoms with Crippen molar-refractivity contribution in [3.8, 4) is 5.69 Å². The zero-order valence-corrected chi connectivity index (χ0v) is 12.0. The monoisotopic (exact) mass is 312 g/mol. The third kappa shape index (κ3) is 2.44. The zero-order valence-electron chi connectivity index (χ0n) is 10.4. The summed E-state index contributed by atoms with van der Waals surface area (Å²) in [5.41, 5.74) is 7.58. The van der Waals surface area contributed by atoms with Gasteiger partial charge in [0.15, 0.2) is 0 Å². The molecule has 0 atom stereocenters. The fourth-order valence-corrected chi connectivity index (χ4v) is 2.02. The number of aryl methyl sites for hydroxylation is 1. The first-order valence-electron chi connectivity index (χ1n) is 5.47. The van der Waals surface area contributed by atoms with Gasteiger partial charge in [-0.05, 0) is 48.3 Å². The van der Waals surface area contributed by atoms with Crippen LogP contribution in [0.1, 0.15) is 25.1 Å². The Morgan fingerprint density at radius 2 is 2.06 bits per heavy atom. The molecule has 0 spiro atoms. The summed E-state index contributed by atoms with van der Waals surface area (Å²) < 4.78 is 15.5. The first-order valence-corrected chi connectivity index (χ1v) is 6.26. The summed E-state index contributed by atoms with van der Waals surface area (Å²) in [6, 6.07) is 3.13. The molecule has 2 aromatic rings. The number of rotatable bonds is 2. The molecule has 4 nitrogen and oxygen atoms in total. The van der Waals surface area contributed by atoms with Crippen LogP contribution in [0, 0.1) is 12.7 Å². The highest BCUT2D eigenvalue weighted by Crippen LogP contribution is 2.23. The summed E-state index contributed by atoms with van der Waals surface area (Å²) in [6.07, 6.45) is 1.72. The van der Waals surface area contributed by atoms with Crippen LogP contribution in [-0.4, -0.2) is 15.0 Å². The van der Waals surface area contributed by atoms with E-state index in [1.165, 1.54) is 10.7 Å². The van der Waals surface area contributed by atoms with E-state index >= 15 is 0 Å². The molecular formula is C12H14BrFN4. The lowest BCUT2D eigenvalue weighted by atomic mass is 10.0. The molecule has 0 saturated carbocycles. The van der Waals surface area contributed by atoms with Crippen LogP contribution in [0.2, 0.25) is 0 Å². The van der Waals surface area contributed by atoms with Crippen molar-refractivity contribution in [2.75, 3.05) is 0 Å². The van der Waals surface area contributed by atoms with Crippen molar-refractivity contribution >= 4 is 15.9 Å². The third-order valence-corrected chi connectivity index (χ3v) is 3.25. The Labute approximate surface area is 113 Å². The second kappa shape index (κ2) is 4.44. The smallest absolute Gasteiger partial charge is 0.139 e. The zero-order chi connectivity index (χ0) is 13.5. The fourth-order valence-electron chi connectivity index (χ4n) is 1.56. The Morgan fingerprint density at radius 3 is 2.61 bits per heavy atom. The summed E-state index contributed by atoms with van der Waals surface area (Å²) >= 11 is 3.15. The van der Waals surface area contributed by atoms with Gasteiger partial charge in [0.1, 0.15) is 11.5 Å². The summed E-state index contributed by atoms with van der Waals surface area (Å²) in [5.74, 6) is -0.334. The molecule has 0 unspecified atom stereocenters. The summed E-state index contributed by atoms with van der Waals surface area (Å²) in [6.45, 7) is 5.57. The highest BCUT2D eigenvalue weighted by atomic mass is 79.9. The van der Waals surface area contributed by atoms with E-state index in [-0.39, 0.29) is 5.82 Å². The van der Waals surface area contributed by atoms with Crippen molar-refractivity contribution in [2.24, 2.45) is 5.73 Å². The number of nitrogens with two attached hydrogens (primary N) is 1. The lowest BCUT2D eigenvalue weighted by molar-refractivity contribution is 0.533. The van der Waals surface area contributed by atoms with Crippen molar-refractivity contribution < 1.29 is 4.39 Å². The molecule has 0 saturated heterocycles. The first-order chi connectivity index (χ1) is 8.29. The number of aromatic nitrogens is 3. The van der Waals surface area contributed by atoms with Gasteiger partial charge >= 0.3 is 0 Å². The second-order valence-corrected chi connectivity index (χ2v) is 5.68. The van der Waals surface area contributed by atoms with Gasteiger partial charge in [0, 0.05) is 6.07 Å². The molecule has 0 aliphatic heterocycles. The van der Waals surface area contributed by atoms with Crippen molar-refractivity contribution in [3.63, 3.8) is 0 Å². The topological polar surface area (TPSA) is 56.7 Å². The number of hydrogen-bond acceptors (Lipinski definition) is 3. The molecule has 0 aliphatic carbocycles. The number of nitrogens with zero attached hydrogens (tertiary/aromatic N) is 3. The van der Waals surface area contributed by atoms with Crippen LogP contribution < -0.4 is 5.73 Å². The average Bonchev–Trinajstić information content (AvgIpc) is 2.72. The van der Waals surface area contributed by atoms with E-state index in [1.807, 2.05) is 20.8 Å². The van der Waals surface area contributed by atoms with Crippen molar-refractivity contribution in [1.29, 1.82) is 0 Å². The molecule has 1 heterocycles. The summed E-state index contributed by atoms with van der Waals surface area (Å²) in [7, 11) is 0. The van der Waals surface area contributed by atoms with Gasteiger partial charge in [-0.2, -0.15) is 0 Å². The molecule has 0 amide bonds. The number of benzene rings is 1. The van der Waals surface area contributed by atoms with Gasteiger partial charge in [-0.3, -0.25) is 0 Å². The van der Waals surface area contributed by atoms with Crippen LogP contribution in [0.15, 0.2) is 22.8 Å². The van der Waals surface area contributed by atoms with Crippen LogP contribution in [-0.2, 0) is 5.54 Å². The van der Waals surface area contributed by atoms with Crippen molar-refractivity contribution in [3.05, 3.63) is 39.9 Å². The Kier molecular flexibility index (Phi) is 3.25. The maximum atomic E-state index is 13.6. The number of halogens is 2. The minimum atomic E-state index is -0.569. The minimum absolute atomic E-state index is 0.334. The lowest BCUT2D eigenvalue weighted by Crippen LogP contribution is -2.29. The van der Waals surface area contributed by atoms with Gasteiger partial charge in [-0.1, -0.05) is 5.21 Å². The standard InChI is InChI=1S/C12H14BrFN4/c1-7-4-8(13)9(14)5-10(7)18-6-11(16-17-18)12(2,3)15/h4-6H,15H2,1-3H3. The Balaban J connectivity index is 2.50. The molecule has 0 fully saturated rings. The van der Waals surface area contributed by atoms with Gasteiger partial charge in [0.05, 0.1) is 21.9 Å². The molecule has 18 heavy (non-hydrogen) atoms. The van der Waals surface area contributed by atoms with Gasteiger partial charge in [0.25, 0.3) is 0 Å². The van der Waals surface area contributed by atoms with Crippen LogP contribution in [0.4, 0.5) is 4.39 Å². The van der Waals surface area contributed by atoms with E-state index in [2.05, 4.69) is 26.2 Å². The highest BCUT2D eigenvalue weighted by Gasteiger charge is 2.19. The Bertz CT molecular complexity index is 586. The van der Waals surface area contributed by atoms with Crippen molar-refractivity contribution in [1.82, 2.24) is 15.0 Å². The normalized spacial score (nSPS) is 11.9. The van der Waals surface area contributed by atoms with Crippen LogP contribution >= 0.6 is 15.9 Å². The van der Waals surface area contributed by atoms with Gasteiger partial charge in [-0.15, -0.1) is 5.10 Å². The molecule has 2 N–H and O–H groups in total. The predicted octanol–water partition coefficient (Wildman–Crippen LogP) is 2.67. The maximum Gasteiger partial charge on any atom is 0.139 e. The first kappa shape index (κ1) is 13.2. The van der Waals surface area contributed by atoms with Gasteiger partial charge in [0.2, 0.25) is 0 Å². The molecule has 6 heteroatoms. The molecule has 1 aromatic heterocycles. The van der Waals surface area contributed by atoms with E-state index in [4.69, 9.17) is 5.73 Å². The molecule has 1 aromatic carbocycles. The minimum Gasteiger partial charge on any atom is -0.320 e. The van der Waals surface area contributed by atoms with Crippen LogP contribution in [0.5, 0.6) is 0 Å². The van der Waals surface area contributed by atoms with E-state index in [0.717, 1.165) is 5.56 Å². The Morgan fingerprint density at radius 1 is 1.39 bits per heavy atom. The van der Waals surface area contributed by atoms with E-state index in [1.54, 1.807) is 12.3 Å². The molecule has 0 aliphatic rings. The summed E-state index contributed by atoms with van der Waals surface area (Å²) in [5, 5.41) is 8.00. The van der Waals surface area contributed by atoms with Gasteiger partial charge in [-0.25, -0.2) is 9.07 Å². The SMILES string of the molecule is Cc1cc(Br)c(F)cc1-n1cc(C(C)(C)N)nn1. The Hall–Kier alpha value is -1.27. The van der Waals surface area contributed by atoms with E-state index in [9.17, 15) is 4.39 Å². The molecular weight excluding hydrogens is 299 g/mol. The second-order valence-electron chi connectivity index (χ2n) is 4.82. The van der Waals surface area contributed by atoms with Crippen LogP contribution in [0.25, 0.3) is 5.69 Å². The quantitative estimate of drug-likeness (QED) is 0.927. The van der Waals surface area contributed by atoms with E-state index in [0.29, 0.717) is 15.9 Å². The highest BCUT2D eigenvalue weighted by molar-refractivity contribution is 9.10. The largest absolute Gasteiger partial charge is 0.320 e. The fraction of sp³-hybridized carbons (Fsp3) is 0.333. The maximum absolute atomic E-state index is 13.6.